The van der Waals surface area contributed by atoms with E-state index in [1.54, 1.807) is 9.13 Å². The first-order chi connectivity index (χ1) is 14.9. The molecule has 0 aliphatic carbocycles. The van der Waals surface area contributed by atoms with Gasteiger partial charge < -0.3 is 5.32 Å². The van der Waals surface area contributed by atoms with Gasteiger partial charge in [0, 0.05) is 25.6 Å². The first-order valence-electron chi connectivity index (χ1n) is 11.3. The number of hydrogen-bond acceptors (Lipinski definition) is 5. The maximum Gasteiger partial charge on any atom is 0.329 e. The van der Waals surface area contributed by atoms with Crippen molar-refractivity contribution in [1.29, 1.82) is 0 Å². The molecule has 2 saturated heterocycles. The van der Waals surface area contributed by atoms with Crippen molar-refractivity contribution >= 4 is 26.8 Å². The van der Waals surface area contributed by atoms with Crippen LogP contribution in [0.4, 0.5) is 0 Å². The van der Waals surface area contributed by atoms with Crippen molar-refractivity contribution in [2.24, 2.45) is 0 Å². The minimum absolute atomic E-state index is 0.00430. The van der Waals surface area contributed by atoms with Crippen molar-refractivity contribution in [2.45, 2.75) is 64.2 Å². The lowest BCUT2D eigenvalue weighted by atomic mass is 10.0. The van der Waals surface area contributed by atoms with Gasteiger partial charge in [-0.25, -0.2) is 13.2 Å². The largest absolute Gasteiger partial charge is 0.351 e. The second-order valence-corrected chi connectivity index (χ2v) is 10.9. The van der Waals surface area contributed by atoms with Crippen LogP contribution in [0.1, 0.15) is 39.0 Å². The third kappa shape index (κ3) is 4.72. The predicted octanol–water partition coefficient (Wildman–Crippen LogP) is 1.37. The number of hydrogen-bond donors (Lipinski definition) is 1. The standard InChI is InChI=1S/C22H32N4O4S/c1-2-11-25-18-8-4-5-9-19(18)26(22(25)28)14-10-21(27)23-17-15-31(29,30)16-20(17)24-12-6-3-7-13-24/h4-5,8-9,17,20H,2-3,6-7,10-16H2,1H3,(H,23,27). The summed E-state index contributed by atoms with van der Waals surface area (Å²) in [6.07, 6.45) is 4.31. The smallest absolute Gasteiger partial charge is 0.329 e. The van der Waals surface area contributed by atoms with E-state index >= 15 is 0 Å². The number of rotatable bonds is 7. The Balaban J connectivity index is 1.45. The first-order valence-corrected chi connectivity index (χ1v) is 13.1. The minimum atomic E-state index is -3.16. The molecule has 170 valence electrons. The number of piperidine rings is 1. The minimum Gasteiger partial charge on any atom is -0.351 e. The highest BCUT2D eigenvalue weighted by molar-refractivity contribution is 7.91. The van der Waals surface area contributed by atoms with Gasteiger partial charge in [0.15, 0.2) is 9.84 Å². The predicted molar refractivity (Wildman–Crippen MR) is 121 cm³/mol. The number of aromatic nitrogens is 2. The summed E-state index contributed by atoms with van der Waals surface area (Å²) < 4.78 is 28.0. The molecule has 8 nitrogen and oxygen atoms in total. The molecule has 9 heteroatoms. The molecule has 2 atom stereocenters. The quantitative estimate of drug-likeness (QED) is 0.691. The van der Waals surface area contributed by atoms with Crippen LogP contribution in [0, 0.1) is 0 Å². The molecule has 2 aliphatic heterocycles. The molecular formula is C22H32N4O4S. The van der Waals surface area contributed by atoms with Crippen molar-refractivity contribution < 1.29 is 13.2 Å². The Labute approximate surface area is 183 Å². The van der Waals surface area contributed by atoms with Gasteiger partial charge >= 0.3 is 5.69 Å². The zero-order valence-corrected chi connectivity index (χ0v) is 18.9. The summed E-state index contributed by atoms with van der Waals surface area (Å²) >= 11 is 0. The molecule has 0 radical (unpaired) electrons. The first kappa shape index (κ1) is 22.1. The fourth-order valence-corrected chi connectivity index (χ4v) is 6.95. The SMILES string of the molecule is CCCn1c(=O)n(CCC(=O)NC2CS(=O)(=O)CC2N2CCCCC2)c2ccccc21. The molecule has 31 heavy (non-hydrogen) atoms. The number of fused-ring (bicyclic) bond motifs is 1. The lowest BCUT2D eigenvalue weighted by Crippen LogP contribution is -2.52. The number of carbonyl (C=O) groups excluding carboxylic acids is 1. The summed E-state index contributed by atoms with van der Waals surface area (Å²) in [5.41, 5.74) is 1.59. The third-order valence-electron chi connectivity index (χ3n) is 6.46. The van der Waals surface area contributed by atoms with Crippen LogP contribution in [0.5, 0.6) is 0 Å². The fraction of sp³-hybridized carbons (Fsp3) is 0.636. The van der Waals surface area contributed by atoms with Crippen molar-refractivity contribution in [3.8, 4) is 0 Å². The van der Waals surface area contributed by atoms with Crippen molar-refractivity contribution in [1.82, 2.24) is 19.4 Å². The molecule has 2 aromatic rings. The van der Waals surface area contributed by atoms with Crippen LogP contribution < -0.4 is 11.0 Å². The molecule has 1 aromatic carbocycles. The van der Waals surface area contributed by atoms with Gasteiger partial charge in [-0.05, 0) is 44.5 Å². The van der Waals surface area contributed by atoms with Gasteiger partial charge in [-0.2, -0.15) is 0 Å². The Hall–Kier alpha value is -2.13. The number of carbonyl (C=O) groups is 1. The van der Waals surface area contributed by atoms with Crippen LogP contribution in [0.2, 0.25) is 0 Å². The Morgan fingerprint density at radius 3 is 2.32 bits per heavy atom. The van der Waals surface area contributed by atoms with E-state index in [-0.39, 0.29) is 48.2 Å². The van der Waals surface area contributed by atoms with Gasteiger partial charge in [0.25, 0.3) is 0 Å². The molecule has 3 heterocycles. The molecule has 0 bridgehead atoms. The van der Waals surface area contributed by atoms with Crippen LogP contribution in [0.25, 0.3) is 11.0 Å². The number of para-hydroxylation sites is 2. The number of aryl methyl sites for hydroxylation is 2. The van der Waals surface area contributed by atoms with E-state index in [4.69, 9.17) is 0 Å². The molecule has 2 fully saturated rings. The number of nitrogens with zero attached hydrogens (tertiary/aromatic N) is 3. The number of imidazole rings is 1. The van der Waals surface area contributed by atoms with Crippen molar-refractivity contribution in [3.63, 3.8) is 0 Å². The molecular weight excluding hydrogens is 416 g/mol. The van der Waals surface area contributed by atoms with E-state index in [0.717, 1.165) is 43.4 Å². The summed E-state index contributed by atoms with van der Waals surface area (Å²) in [6, 6.07) is 7.09. The van der Waals surface area contributed by atoms with E-state index < -0.39 is 9.84 Å². The highest BCUT2D eigenvalue weighted by Crippen LogP contribution is 2.22. The normalized spacial score (nSPS) is 23.9. The van der Waals surface area contributed by atoms with Gasteiger partial charge in [0.05, 0.1) is 28.6 Å². The summed E-state index contributed by atoms with van der Waals surface area (Å²) in [7, 11) is -3.16. The Morgan fingerprint density at radius 2 is 1.68 bits per heavy atom. The summed E-state index contributed by atoms with van der Waals surface area (Å²) in [5, 5.41) is 2.97. The van der Waals surface area contributed by atoms with Gasteiger partial charge in [0.1, 0.15) is 0 Å². The van der Waals surface area contributed by atoms with Gasteiger partial charge in [-0.1, -0.05) is 25.5 Å². The number of amides is 1. The van der Waals surface area contributed by atoms with Gasteiger partial charge in [0.2, 0.25) is 5.91 Å². The maximum atomic E-state index is 12.9. The van der Waals surface area contributed by atoms with Crippen LogP contribution >= 0.6 is 0 Å². The van der Waals surface area contributed by atoms with Gasteiger partial charge in [-0.15, -0.1) is 0 Å². The lowest BCUT2D eigenvalue weighted by molar-refractivity contribution is -0.122. The summed E-state index contributed by atoms with van der Waals surface area (Å²) in [6.45, 7) is 4.71. The molecule has 0 saturated carbocycles. The van der Waals surface area contributed by atoms with E-state index in [1.165, 1.54) is 6.42 Å². The molecule has 4 rings (SSSR count). The Bertz CT molecular complexity index is 1100. The number of sulfone groups is 1. The fourth-order valence-electron chi connectivity index (χ4n) is 5.00. The molecule has 2 aliphatic rings. The van der Waals surface area contributed by atoms with Crippen LogP contribution in [-0.4, -0.2) is 65.0 Å². The van der Waals surface area contributed by atoms with E-state index in [2.05, 4.69) is 10.2 Å². The summed E-state index contributed by atoms with van der Waals surface area (Å²) in [4.78, 5) is 27.9. The molecule has 2 unspecified atom stereocenters. The Morgan fingerprint density at radius 1 is 1.03 bits per heavy atom. The monoisotopic (exact) mass is 448 g/mol. The summed E-state index contributed by atoms with van der Waals surface area (Å²) in [5.74, 6) is -0.0965. The zero-order valence-electron chi connectivity index (χ0n) is 18.1. The molecule has 1 aromatic heterocycles. The highest BCUT2D eigenvalue weighted by Gasteiger charge is 2.41. The molecule has 0 spiro atoms. The highest BCUT2D eigenvalue weighted by atomic mass is 32.2. The second kappa shape index (κ2) is 9.16. The van der Waals surface area contributed by atoms with Gasteiger partial charge in [-0.3, -0.25) is 18.8 Å². The van der Waals surface area contributed by atoms with Crippen LogP contribution in [0.3, 0.4) is 0 Å². The van der Waals surface area contributed by atoms with Crippen LogP contribution in [0.15, 0.2) is 29.1 Å². The average molecular weight is 449 g/mol. The lowest BCUT2D eigenvalue weighted by Gasteiger charge is -2.35. The van der Waals surface area contributed by atoms with E-state index in [9.17, 15) is 18.0 Å². The van der Waals surface area contributed by atoms with E-state index in [0.29, 0.717) is 6.54 Å². The number of nitrogens with one attached hydrogen (secondary N) is 1. The molecule has 1 N–H and O–H groups in total. The number of benzene rings is 1. The Kier molecular flexibility index (Phi) is 6.52. The van der Waals surface area contributed by atoms with E-state index in [1.807, 2.05) is 31.2 Å². The zero-order chi connectivity index (χ0) is 22.0. The third-order valence-corrected chi connectivity index (χ3v) is 8.18. The van der Waals surface area contributed by atoms with Crippen molar-refractivity contribution in [2.75, 3.05) is 24.6 Å². The maximum absolute atomic E-state index is 12.9. The number of likely N-dealkylation sites (tertiary alicyclic amines) is 1. The van der Waals surface area contributed by atoms with Crippen molar-refractivity contribution in [3.05, 3.63) is 34.7 Å². The molecule has 1 amide bonds. The second-order valence-electron chi connectivity index (χ2n) is 8.74. The van der Waals surface area contributed by atoms with Crippen LogP contribution in [-0.2, 0) is 27.7 Å². The average Bonchev–Trinajstić information content (AvgIpc) is 3.20. The topological polar surface area (TPSA) is 93.4 Å².